The summed E-state index contributed by atoms with van der Waals surface area (Å²) in [5.74, 6) is 0.0675. The molecule has 2 heterocycles. The molecular formula is C22H26N2O8Se. The van der Waals surface area contributed by atoms with E-state index in [0.717, 1.165) is 0 Å². The Kier molecular flexibility index (Phi) is 7.78. The molecule has 1 aliphatic rings. The van der Waals surface area contributed by atoms with Crippen molar-refractivity contribution in [2.75, 3.05) is 18.5 Å². The molecule has 178 valence electrons. The number of ether oxygens (including phenoxy) is 5. The van der Waals surface area contributed by atoms with Gasteiger partial charge in [0, 0.05) is 0 Å². The molecule has 1 fully saturated rings. The van der Waals surface area contributed by atoms with Crippen molar-refractivity contribution in [3.63, 3.8) is 0 Å². The second-order valence-corrected chi connectivity index (χ2v) is 10.0. The molecule has 1 aromatic carbocycles. The Labute approximate surface area is 197 Å². The molecular weight excluding hydrogens is 499 g/mol. The zero-order valence-electron chi connectivity index (χ0n) is 19.0. The van der Waals surface area contributed by atoms with E-state index in [1.165, 1.54) is 12.1 Å². The van der Waals surface area contributed by atoms with Gasteiger partial charge in [-0.05, 0) is 0 Å². The minimum absolute atomic E-state index is 0.0910. The van der Waals surface area contributed by atoms with E-state index in [1.54, 1.807) is 33.8 Å². The second-order valence-electron chi connectivity index (χ2n) is 8.24. The van der Waals surface area contributed by atoms with Crippen molar-refractivity contribution < 1.29 is 38.1 Å². The van der Waals surface area contributed by atoms with Crippen LogP contribution in [0.15, 0.2) is 23.1 Å². The van der Waals surface area contributed by atoms with Crippen LogP contribution >= 0.6 is 0 Å². The van der Waals surface area contributed by atoms with E-state index in [4.69, 9.17) is 23.7 Å². The number of amides is 1. The Morgan fingerprint density at radius 2 is 1.70 bits per heavy atom. The number of benzene rings is 1. The van der Waals surface area contributed by atoms with Gasteiger partial charge in [-0.15, -0.1) is 0 Å². The first-order valence-electron chi connectivity index (χ1n) is 10.3. The van der Waals surface area contributed by atoms with Gasteiger partial charge >= 0.3 is 197 Å². The van der Waals surface area contributed by atoms with Gasteiger partial charge in [-0.1, -0.05) is 0 Å². The van der Waals surface area contributed by atoms with Gasteiger partial charge in [-0.25, -0.2) is 0 Å². The molecule has 10 nitrogen and oxygen atoms in total. The summed E-state index contributed by atoms with van der Waals surface area (Å²) in [6.07, 6.45) is -2.52. The Balaban J connectivity index is 1.83. The van der Waals surface area contributed by atoms with Crippen molar-refractivity contribution in [2.45, 2.75) is 46.8 Å². The summed E-state index contributed by atoms with van der Waals surface area (Å²) in [6.45, 7) is 9.35. The maximum absolute atomic E-state index is 12.5. The summed E-state index contributed by atoms with van der Waals surface area (Å²) in [6, 6.07) is 4.52. The fraction of sp³-hybridized carbons (Fsp3) is 0.455. The molecule has 1 N–H and O–H groups in total. The molecule has 0 bridgehead atoms. The van der Waals surface area contributed by atoms with Crippen LogP contribution in [0.4, 0.5) is 14.3 Å². The maximum atomic E-state index is 12.5. The third kappa shape index (κ3) is 6.56. The molecule has 2 aromatic rings. The van der Waals surface area contributed by atoms with Crippen molar-refractivity contribution in [1.29, 1.82) is 0 Å². The Bertz CT molecular complexity index is 1030. The SMILES string of the molecule is CC(C)OC(=O)Oc1ccc(-c2c[se]c(NC(=O)C3(C)COC3)n2)c(OC(=O)OC(C)C)c1. The molecule has 0 atom stereocenters. The molecule has 0 saturated carbocycles. The van der Waals surface area contributed by atoms with E-state index >= 15 is 0 Å². The molecule has 0 unspecified atom stereocenters. The summed E-state index contributed by atoms with van der Waals surface area (Å²) in [5, 5.41) is 2.85. The van der Waals surface area contributed by atoms with Gasteiger partial charge in [0.1, 0.15) is 0 Å². The summed E-state index contributed by atoms with van der Waals surface area (Å²) < 4.78 is 26.2. The standard InChI is InChI=1S/C22H26N2O8Se/c1-12(2)29-20(26)31-14-6-7-15(17(8-14)32-21(27)30-13(3)4)16-9-33-19(23-16)24-18(25)22(5)10-28-11-22/h6-9,12-13H,10-11H2,1-5H3,(H,23,24,25). The van der Waals surface area contributed by atoms with Gasteiger partial charge in [0.15, 0.2) is 0 Å². The van der Waals surface area contributed by atoms with Crippen molar-refractivity contribution in [3.8, 4) is 22.8 Å². The fourth-order valence-electron chi connectivity index (χ4n) is 2.72. The fourth-order valence-corrected chi connectivity index (χ4v) is 4.20. The molecule has 3 rings (SSSR count). The van der Waals surface area contributed by atoms with Crippen LogP contribution in [0.5, 0.6) is 11.5 Å². The van der Waals surface area contributed by atoms with Gasteiger partial charge in [-0.2, -0.15) is 0 Å². The third-order valence-corrected chi connectivity index (χ3v) is 5.99. The Morgan fingerprint density at radius 1 is 1.06 bits per heavy atom. The second kappa shape index (κ2) is 10.4. The van der Waals surface area contributed by atoms with E-state index in [9.17, 15) is 14.4 Å². The van der Waals surface area contributed by atoms with Gasteiger partial charge in [-0.3, -0.25) is 0 Å². The van der Waals surface area contributed by atoms with Crippen molar-refractivity contribution in [1.82, 2.24) is 4.98 Å². The first-order valence-corrected chi connectivity index (χ1v) is 12.2. The van der Waals surface area contributed by atoms with Crippen LogP contribution in [0.1, 0.15) is 34.6 Å². The van der Waals surface area contributed by atoms with Crippen molar-refractivity contribution in [2.24, 2.45) is 5.41 Å². The van der Waals surface area contributed by atoms with Crippen LogP contribution in [0.3, 0.4) is 0 Å². The Hall–Kier alpha value is -2.88. The first-order chi connectivity index (χ1) is 15.6. The van der Waals surface area contributed by atoms with Gasteiger partial charge in [0.2, 0.25) is 0 Å². The van der Waals surface area contributed by atoms with Crippen LogP contribution in [0.2, 0.25) is 0 Å². The van der Waals surface area contributed by atoms with Crippen molar-refractivity contribution >= 4 is 37.4 Å². The third-order valence-electron chi connectivity index (χ3n) is 4.40. The molecule has 33 heavy (non-hydrogen) atoms. The number of anilines is 1. The number of aromatic nitrogens is 1. The number of hydrogen-bond acceptors (Lipinski definition) is 9. The molecule has 0 aliphatic carbocycles. The normalized spacial score (nSPS) is 14.4. The molecule has 11 heteroatoms. The van der Waals surface area contributed by atoms with Crippen LogP contribution in [0, 0.1) is 5.41 Å². The van der Waals surface area contributed by atoms with Gasteiger partial charge < -0.3 is 0 Å². The zero-order valence-corrected chi connectivity index (χ0v) is 20.7. The molecule has 0 spiro atoms. The zero-order chi connectivity index (χ0) is 24.2. The van der Waals surface area contributed by atoms with E-state index < -0.39 is 17.7 Å². The first kappa shape index (κ1) is 24.8. The van der Waals surface area contributed by atoms with E-state index in [1.807, 2.05) is 11.9 Å². The molecule has 1 amide bonds. The minimum atomic E-state index is -0.910. The quantitative estimate of drug-likeness (QED) is 0.328. The van der Waals surface area contributed by atoms with Gasteiger partial charge in [0.05, 0.1) is 0 Å². The van der Waals surface area contributed by atoms with E-state index in [-0.39, 0.29) is 44.1 Å². The number of nitrogens with zero attached hydrogens (tertiary/aromatic N) is 1. The van der Waals surface area contributed by atoms with E-state index in [2.05, 4.69) is 10.3 Å². The number of carbonyl (C=O) groups is 3. The average molecular weight is 525 g/mol. The molecule has 1 aromatic heterocycles. The van der Waals surface area contributed by atoms with E-state index in [0.29, 0.717) is 29.2 Å². The summed E-state index contributed by atoms with van der Waals surface area (Å²) in [7, 11) is 0. The van der Waals surface area contributed by atoms with Crippen LogP contribution in [-0.2, 0) is 19.0 Å². The number of carbonyl (C=O) groups excluding carboxylic acids is 3. The average Bonchev–Trinajstić information content (AvgIpc) is 3.13. The van der Waals surface area contributed by atoms with Crippen LogP contribution in [0.25, 0.3) is 11.3 Å². The number of nitrogens with one attached hydrogen (secondary N) is 1. The number of hydrogen-bond donors (Lipinski definition) is 1. The summed E-state index contributed by atoms with van der Waals surface area (Å²) >= 11 is -0.224. The topological polar surface area (TPSA) is 122 Å². The predicted molar refractivity (Wildman–Crippen MR) is 119 cm³/mol. The van der Waals surface area contributed by atoms with Gasteiger partial charge in [0.25, 0.3) is 0 Å². The Morgan fingerprint density at radius 3 is 2.27 bits per heavy atom. The molecule has 1 saturated heterocycles. The monoisotopic (exact) mass is 526 g/mol. The summed E-state index contributed by atoms with van der Waals surface area (Å²) in [4.78, 5) is 42.8. The predicted octanol–water partition coefficient (Wildman–Crippen LogP) is 3.63. The molecule has 1 aliphatic heterocycles. The van der Waals surface area contributed by atoms with Crippen molar-refractivity contribution in [3.05, 3.63) is 23.1 Å². The number of rotatable bonds is 7. The molecule has 0 radical (unpaired) electrons. The van der Waals surface area contributed by atoms with Crippen LogP contribution < -0.4 is 14.8 Å². The van der Waals surface area contributed by atoms with Crippen LogP contribution in [-0.4, -0.2) is 63.1 Å². The summed E-state index contributed by atoms with van der Waals surface area (Å²) in [5.41, 5.74) is 0.438.